The van der Waals surface area contributed by atoms with Gasteiger partial charge < -0.3 is 11.1 Å². The van der Waals surface area contributed by atoms with Crippen LogP contribution in [0.5, 0.6) is 0 Å². The number of hydrogen-bond acceptors (Lipinski definition) is 4. The first-order valence-electron chi connectivity index (χ1n) is 8.87. The van der Waals surface area contributed by atoms with Crippen LogP contribution < -0.4 is 11.1 Å². The minimum absolute atomic E-state index is 0.00834. The van der Waals surface area contributed by atoms with Gasteiger partial charge in [-0.2, -0.15) is 0 Å². The van der Waals surface area contributed by atoms with Gasteiger partial charge in [-0.15, -0.1) is 0 Å². The summed E-state index contributed by atoms with van der Waals surface area (Å²) in [6.07, 6.45) is 1.95. The summed E-state index contributed by atoms with van der Waals surface area (Å²) in [5.74, 6) is 0.713. The van der Waals surface area contributed by atoms with E-state index in [1.807, 2.05) is 25.1 Å². The second-order valence-corrected chi connectivity index (χ2v) is 6.81. The van der Waals surface area contributed by atoms with Crippen LogP contribution in [0, 0.1) is 12.8 Å². The fraction of sp³-hybridized carbons (Fsp3) is 0.400. The average molecular weight is 338 g/mol. The van der Waals surface area contributed by atoms with Crippen LogP contribution >= 0.6 is 0 Å². The van der Waals surface area contributed by atoms with Crippen molar-refractivity contribution in [2.24, 2.45) is 11.7 Å². The molecule has 3 rings (SSSR count). The fourth-order valence-corrected chi connectivity index (χ4v) is 3.36. The Bertz CT molecular complexity index is 731. The van der Waals surface area contributed by atoms with Crippen LogP contribution in [0.25, 0.3) is 0 Å². The predicted molar refractivity (Wildman–Crippen MR) is 99.9 cm³/mol. The van der Waals surface area contributed by atoms with Crippen LogP contribution in [0.3, 0.4) is 0 Å². The quantitative estimate of drug-likeness (QED) is 0.849. The van der Waals surface area contributed by atoms with Gasteiger partial charge >= 0.3 is 0 Å². The first-order valence-corrected chi connectivity index (χ1v) is 8.87. The molecule has 1 fully saturated rings. The number of piperidine rings is 1. The Kier molecular flexibility index (Phi) is 5.66. The number of likely N-dealkylation sites (tertiary alicyclic amines) is 1. The number of carbonyl (C=O) groups excluding carboxylic acids is 1. The molecule has 1 aromatic heterocycles. The predicted octanol–water partition coefficient (Wildman–Crippen LogP) is 2.70. The van der Waals surface area contributed by atoms with Crippen molar-refractivity contribution in [2.45, 2.75) is 32.9 Å². The number of nitrogens with one attached hydrogen (secondary N) is 1. The fourth-order valence-electron chi connectivity index (χ4n) is 3.36. The van der Waals surface area contributed by atoms with E-state index >= 15 is 0 Å². The standard InChI is InChI=1S/C20H26N4O/c1-15-5-2-9-19(23-15)22-12-16-6-3-7-17(11-16)13-24-10-4-8-18(14-24)20(21)25/h2-3,5-7,9,11,18H,4,8,10,12-14H2,1H3,(H2,21,25)(H,22,23)/t18-/m1/s1. The van der Waals surface area contributed by atoms with Crippen molar-refractivity contribution in [3.63, 3.8) is 0 Å². The van der Waals surface area contributed by atoms with Gasteiger partial charge in [0, 0.05) is 25.3 Å². The third-order valence-corrected chi connectivity index (χ3v) is 4.67. The van der Waals surface area contributed by atoms with Crippen molar-refractivity contribution in [3.05, 3.63) is 59.3 Å². The van der Waals surface area contributed by atoms with Crippen molar-refractivity contribution >= 4 is 11.7 Å². The smallest absolute Gasteiger partial charge is 0.221 e. The third kappa shape index (κ3) is 5.03. The van der Waals surface area contributed by atoms with Gasteiger partial charge in [-0.05, 0) is 49.6 Å². The van der Waals surface area contributed by atoms with Crippen LogP contribution in [0.2, 0.25) is 0 Å². The van der Waals surface area contributed by atoms with E-state index in [4.69, 9.17) is 5.73 Å². The Labute approximate surface area is 149 Å². The molecule has 0 spiro atoms. The number of nitrogens with zero attached hydrogens (tertiary/aromatic N) is 2. The second-order valence-electron chi connectivity index (χ2n) is 6.81. The highest BCUT2D eigenvalue weighted by atomic mass is 16.1. The maximum Gasteiger partial charge on any atom is 0.221 e. The van der Waals surface area contributed by atoms with Crippen LogP contribution in [-0.2, 0) is 17.9 Å². The van der Waals surface area contributed by atoms with Gasteiger partial charge in [0.15, 0.2) is 0 Å². The number of pyridine rings is 1. The van der Waals surface area contributed by atoms with E-state index in [0.717, 1.165) is 50.5 Å². The molecule has 1 aliphatic heterocycles. The highest BCUT2D eigenvalue weighted by Crippen LogP contribution is 2.19. The Morgan fingerprint density at radius 3 is 2.88 bits per heavy atom. The topological polar surface area (TPSA) is 71.2 Å². The van der Waals surface area contributed by atoms with Gasteiger partial charge in [0.25, 0.3) is 0 Å². The number of anilines is 1. The van der Waals surface area contributed by atoms with Gasteiger partial charge in [0.05, 0.1) is 5.92 Å². The summed E-state index contributed by atoms with van der Waals surface area (Å²) >= 11 is 0. The number of benzene rings is 1. The molecular weight excluding hydrogens is 312 g/mol. The molecule has 5 nitrogen and oxygen atoms in total. The molecule has 1 aliphatic rings. The summed E-state index contributed by atoms with van der Waals surface area (Å²) in [6, 6.07) is 14.5. The first kappa shape index (κ1) is 17.4. The van der Waals surface area contributed by atoms with E-state index in [9.17, 15) is 4.79 Å². The number of aromatic nitrogens is 1. The lowest BCUT2D eigenvalue weighted by atomic mass is 9.97. The third-order valence-electron chi connectivity index (χ3n) is 4.67. The summed E-state index contributed by atoms with van der Waals surface area (Å²) in [5.41, 5.74) is 8.97. The number of amides is 1. The number of carbonyl (C=O) groups is 1. The molecule has 2 aromatic rings. The molecule has 0 radical (unpaired) electrons. The van der Waals surface area contributed by atoms with Crippen molar-refractivity contribution in [3.8, 4) is 0 Å². The number of hydrogen-bond donors (Lipinski definition) is 2. The van der Waals surface area contributed by atoms with E-state index in [1.165, 1.54) is 11.1 Å². The summed E-state index contributed by atoms with van der Waals surface area (Å²) < 4.78 is 0. The lowest BCUT2D eigenvalue weighted by Gasteiger charge is -2.31. The highest BCUT2D eigenvalue weighted by Gasteiger charge is 2.23. The molecule has 1 amide bonds. The van der Waals surface area contributed by atoms with Crippen molar-refractivity contribution in [1.82, 2.24) is 9.88 Å². The van der Waals surface area contributed by atoms with E-state index in [2.05, 4.69) is 39.5 Å². The molecule has 2 heterocycles. The number of primary amides is 1. The first-order chi connectivity index (χ1) is 12.1. The minimum atomic E-state index is -0.173. The average Bonchev–Trinajstić information content (AvgIpc) is 2.61. The van der Waals surface area contributed by atoms with Gasteiger partial charge in [0.2, 0.25) is 5.91 Å². The maximum absolute atomic E-state index is 11.4. The van der Waals surface area contributed by atoms with E-state index in [1.54, 1.807) is 0 Å². The van der Waals surface area contributed by atoms with E-state index in [0.29, 0.717) is 0 Å². The molecular formula is C20H26N4O. The maximum atomic E-state index is 11.4. The molecule has 0 unspecified atom stereocenters. The van der Waals surface area contributed by atoms with Crippen LogP contribution in [-0.4, -0.2) is 28.9 Å². The Balaban J connectivity index is 1.58. The van der Waals surface area contributed by atoms with Crippen molar-refractivity contribution in [2.75, 3.05) is 18.4 Å². The van der Waals surface area contributed by atoms with Crippen molar-refractivity contribution in [1.29, 1.82) is 0 Å². The van der Waals surface area contributed by atoms with Gasteiger partial charge in [0.1, 0.15) is 5.82 Å². The monoisotopic (exact) mass is 338 g/mol. The molecule has 0 saturated carbocycles. The summed E-state index contributed by atoms with van der Waals surface area (Å²) in [5, 5.41) is 3.37. The highest BCUT2D eigenvalue weighted by molar-refractivity contribution is 5.76. The van der Waals surface area contributed by atoms with Gasteiger partial charge in [-0.1, -0.05) is 30.3 Å². The Morgan fingerprint density at radius 2 is 2.08 bits per heavy atom. The van der Waals surface area contributed by atoms with Gasteiger partial charge in [-0.3, -0.25) is 9.69 Å². The molecule has 0 aliphatic carbocycles. The Morgan fingerprint density at radius 1 is 1.28 bits per heavy atom. The number of nitrogens with two attached hydrogens (primary N) is 1. The minimum Gasteiger partial charge on any atom is -0.369 e. The summed E-state index contributed by atoms with van der Waals surface area (Å²) in [7, 11) is 0. The zero-order valence-corrected chi connectivity index (χ0v) is 14.7. The lowest BCUT2D eigenvalue weighted by Crippen LogP contribution is -2.40. The number of rotatable bonds is 6. The molecule has 0 bridgehead atoms. The zero-order chi connectivity index (χ0) is 17.6. The number of aryl methyl sites for hydroxylation is 1. The Hall–Kier alpha value is -2.40. The molecule has 1 saturated heterocycles. The summed E-state index contributed by atoms with van der Waals surface area (Å²) in [4.78, 5) is 18.2. The molecule has 5 heteroatoms. The largest absolute Gasteiger partial charge is 0.369 e. The molecule has 132 valence electrons. The van der Waals surface area contributed by atoms with Crippen LogP contribution in [0.1, 0.15) is 29.7 Å². The van der Waals surface area contributed by atoms with Gasteiger partial charge in [-0.25, -0.2) is 4.98 Å². The van der Waals surface area contributed by atoms with Crippen LogP contribution in [0.15, 0.2) is 42.5 Å². The molecule has 1 atom stereocenters. The normalized spacial score (nSPS) is 18.0. The molecule has 3 N–H and O–H groups in total. The zero-order valence-electron chi connectivity index (χ0n) is 14.7. The van der Waals surface area contributed by atoms with E-state index in [-0.39, 0.29) is 11.8 Å². The van der Waals surface area contributed by atoms with E-state index < -0.39 is 0 Å². The SMILES string of the molecule is Cc1cccc(NCc2cccc(CN3CCC[C@@H](C(N)=O)C3)c2)n1. The lowest BCUT2D eigenvalue weighted by molar-refractivity contribution is -0.123. The molecule has 25 heavy (non-hydrogen) atoms. The molecule has 1 aromatic carbocycles. The van der Waals surface area contributed by atoms with Crippen LogP contribution in [0.4, 0.5) is 5.82 Å². The van der Waals surface area contributed by atoms with Crippen molar-refractivity contribution < 1.29 is 4.79 Å². The second kappa shape index (κ2) is 8.12. The summed E-state index contributed by atoms with van der Waals surface area (Å²) in [6.45, 7) is 5.39.